The Morgan fingerprint density at radius 1 is 0.800 bits per heavy atom. The lowest BCUT2D eigenvalue weighted by Crippen LogP contribution is -2.18. The topological polar surface area (TPSA) is 83.8 Å². The molecule has 0 aliphatic heterocycles. The molecule has 0 aromatic heterocycles. The van der Waals surface area contributed by atoms with Gasteiger partial charge in [0.2, 0.25) is 0 Å². The summed E-state index contributed by atoms with van der Waals surface area (Å²) in [6, 6.07) is 14.1. The monoisotopic (exact) mass is 482 g/mol. The smallest absolute Gasteiger partial charge is 0.339 e. The quantitative estimate of drug-likeness (QED) is 0.240. The highest BCUT2D eigenvalue weighted by atomic mass is 16.5. The summed E-state index contributed by atoms with van der Waals surface area (Å²) >= 11 is 0. The van der Waals surface area contributed by atoms with Crippen LogP contribution in [0.5, 0.6) is 5.75 Å². The summed E-state index contributed by atoms with van der Waals surface area (Å²) in [5.41, 5.74) is 1.75. The van der Waals surface area contributed by atoms with E-state index in [0.717, 1.165) is 25.7 Å². The van der Waals surface area contributed by atoms with Gasteiger partial charge in [-0.1, -0.05) is 70.2 Å². The molecule has 3 atom stereocenters. The van der Waals surface area contributed by atoms with Crippen molar-refractivity contribution in [1.29, 1.82) is 0 Å². The molecule has 5 heteroatoms. The Morgan fingerprint density at radius 3 is 2.09 bits per heavy atom. The number of hydrogen-bond donors (Lipinski definition) is 2. The van der Waals surface area contributed by atoms with E-state index in [2.05, 4.69) is 13.8 Å². The number of benzene rings is 2. The average molecular weight is 483 g/mol. The molecule has 0 heterocycles. The SMILES string of the molecule is CCCCC(CCCC(C)Oc1ccccc1C(=O)O)C(CC)CCCc1ccc(C(=O)O)cc1. The predicted octanol–water partition coefficient (Wildman–Crippen LogP) is 7.88. The molecule has 0 fully saturated rings. The number of carboxylic acids is 2. The van der Waals surface area contributed by atoms with Crippen LogP contribution in [0.4, 0.5) is 0 Å². The van der Waals surface area contributed by atoms with Crippen LogP contribution < -0.4 is 4.74 Å². The van der Waals surface area contributed by atoms with Crippen molar-refractivity contribution in [2.75, 3.05) is 0 Å². The molecule has 2 aromatic rings. The molecule has 0 radical (unpaired) electrons. The van der Waals surface area contributed by atoms with Crippen molar-refractivity contribution in [3.05, 3.63) is 65.2 Å². The van der Waals surface area contributed by atoms with E-state index in [0.29, 0.717) is 23.1 Å². The Balaban J connectivity index is 1.85. The zero-order valence-electron chi connectivity index (χ0n) is 21.5. The molecule has 0 bridgehead atoms. The summed E-state index contributed by atoms with van der Waals surface area (Å²) in [6.07, 6.45) is 11.2. The van der Waals surface area contributed by atoms with E-state index in [-0.39, 0.29) is 11.7 Å². The molecule has 0 aliphatic rings. The third-order valence-electron chi connectivity index (χ3n) is 6.99. The minimum Gasteiger partial charge on any atom is -0.490 e. The largest absolute Gasteiger partial charge is 0.490 e. The fourth-order valence-electron chi connectivity index (χ4n) is 4.93. The third-order valence-corrected chi connectivity index (χ3v) is 6.99. The van der Waals surface area contributed by atoms with Crippen molar-refractivity contribution >= 4 is 11.9 Å². The Labute approximate surface area is 210 Å². The lowest BCUT2D eigenvalue weighted by Gasteiger charge is -2.27. The predicted molar refractivity (Wildman–Crippen MR) is 140 cm³/mol. The number of aromatic carboxylic acids is 2. The van der Waals surface area contributed by atoms with Gasteiger partial charge in [-0.15, -0.1) is 0 Å². The van der Waals surface area contributed by atoms with Gasteiger partial charge in [-0.05, 0) is 80.7 Å². The molecule has 2 N–H and O–H groups in total. The molecule has 0 saturated heterocycles. The molecule has 2 aromatic carbocycles. The zero-order valence-corrected chi connectivity index (χ0v) is 21.5. The molecule has 3 unspecified atom stereocenters. The van der Waals surface area contributed by atoms with E-state index in [1.54, 1.807) is 30.3 Å². The maximum atomic E-state index is 11.4. The summed E-state index contributed by atoms with van der Waals surface area (Å²) in [5, 5.41) is 18.4. The lowest BCUT2D eigenvalue weighted by atomic mass is 9.79. The first-order valence-electron chi connectivity index (χ1n) is 13.2. The molecule has 5 nitrogen and oxygen atoms in total. The fourth-order valence-corrected chi connectivity index (χ4v) is 4.93. The summed E-state index contributed by atoms with van der Waals surface area (Å²) < 4.78 is 5.98. The van der Waals surface area contributed by atoms with E-state index < -0.39 is 11.9 Å². The number of hydrogen-bond acceptors (Lipinski definition) is 3. The number of ether oxygens (including phenoxy) is 1. The molecular formula is C30H42O5. The van der Waals surface area contributed by atoms with E-state index >= 15 is 0 Å². The lowest BCUT2D eigenvalue weighted by molar-refractivity contribution is 0.0681. The highest BCUT2D eigenvalue weighted by Gasteiger charge is 2.20. The van der Waals surface area contributed by atoms with Crippen LogP contribution in [0.15, 0.2) is 48.5 Å². The summed E-state index contributed by atoms with van der Waals surface area (Å²) in [4.78, 5) is 22.5. The number of rotatable bonds is 17. The van der Waals surface area contributed by atoms with Crippen molar-refractivity contribution < 1.29 is 24.5 Å². The molecular weight excluding hydrogens is 440 g/mol. The maximum absolute atomic E-state index is 11.4. The van der Waals surface area contributed by atoms with E-state index in [1.807, 2.05) is 25.1 Å². The Morgan fingerprint density at radius 2 is 1.46 bits per heavy atom. The van der Waals surface area contributed by atoms with Crippen molar-refractivity contribution in [2.24, 2.45) is 11.8 Å². The normalized spacial score (nSPS) is 13.7. The first-order chi connectivity index (χ1) is 16.8. The average Bonchev–Trinajstić information content (AvgIpc) is 2.84. The second-order valence-electron chi connectivity index (χ2n) is 9.63. The van der Waals surface area contributed by atoms with Gasteiger partial charge in [0.05, 0.1) is 11.7 Å². The molecule has 0 amide bonds. The van der Waals surface area contributed by atoms with Crippen LogP contribution in [0.2, 0.25) is 0 Å². The van der Waals surface area contributed by atoms with Crippen LogP contribution in [0.1, 0.15) is 105 Å². The molecule has 0 saturated carbocycles. The highest BCUT2D eigenvalue weighted by molar-refractivity contribution is 5.90. The second-order valence-corrected chi connectivity index (χ2v) is 9.63. The van der Waals surface area contributed by atoms with Crippen molar-refractivity contribution in [3.8, 4) is 5.75 Å². The van der Waals surface area contributed by atoms with Gasteiger partial charge in [0.15, 0.2) is 0 Å². The van der Waals surface area contributed by atoms with Gasteiger partial charge >= 0.3 is 11.9 Å². The fraction of sp³-hybridized carbons (Fsp3) is 0.533. The molecule has 0 spiro atoms. The minimum atomic E-state index is -0.962. The maximum Gasteiger partial charge on any atom is 0.339 e. The van der Waals surface area contributed by atoms with Crippen LogP contribution in [-0.2, 0) is 6.42 Å². The van der Waals surface area contributed by atoms with Crippen LogP contribution in [0, 0.1) is 11.8 Å². The first kappa shape index (κ1) is 28.4. The molecule has 2 rings (SSSR count). The number of carboxylic acid groups (broad SMARTS) is 2. The van der Waals surface area contributed by atoms with E-state index in [9.17, 15) is 14.7 Å². The second kappa shape index (κ2) is 15.2. The van der Waals surface area contributed by atoms with Gasteiger partial charge in [0.25, 0.3) is 0 Å². The minimum absolute atomic E-state index is 0.0313. The summed E-state index contributed by atoms with van der Waals surface area (Å²) in [5.74, 6) is -0.0299. The van der Waals surface area contributed by atoms with Crippen LogP contribution in [0.25, 0.3) is 0 Å². The van der Waals surface area contributed by atoms with Gasteiger partial charge in [-0.25, -0.2) is 9.59 Å². The Kier molecular flexibility index (Phi) is 12.4. The van der Waals surface area contributed by atoms with Gasteiger partial charge in [0, 0.05) is 0 Å². The van der Waals surface area contributed by atoms with Gasteiger partial charge in [-0.2, -0.15) is 0 Å². The molecule has 0 aliphatic carbocycles. The van der Waals surface area contributed by atoms with Crippen LogP contribution in [-0.4, -0.2) is 28.3 Å². The third kappa shape index (κ3) is 9.75. The first-order valence-corrected chi connectivity index (χ1v) is 13.2. The van der Waals surface area contributed by atoms with E-state index in [4.69, 9.17) is 9.84 Å². The number of carbonyl (C=O) groups is 2. The van der Waals surface area contributed by atoms with E-state index in [1.165, 1.54) is 44.1 Å². The van der Waals surface area contributed by atoms with Crippen molar-refractivity contribution in [1.82, 2.24) is 0 Å². The molecule has 35 heavy (non-hydrogen) atoms. The molecule has 192 valence electrons. The number of para-hydroxylation sites is 1. The summed E-state index contributed by atoms with van der Waals surface area (Å²) in [6.45, 7) is 6.56. The van der Waals surface area contributed by atoms with Gasteiger partial charge in [-0.3, -0.25) is 0 Å². The standard InChI is InChI=1S/C30H42O5/c1-4-6-13-25(15-9-11-22(3)35-28-17-8-7-16-27(28)30(33)34)24(5-2)14-10-12-23-18-20-26(21-19-23)29(31)32/h7-8,16-22,24-25H,4-6,9-15H2,1-3H3,(H,31,32)(H,33,34). The number of aryl methyl sites for hydroxylation is 1. The Hall–Kier alpha value is -2.82. The van der Waals surface area contributed by atoms with Crippen LogP contribution in [0.3, 0.4) is 0 Å². The van der Waals surface area contributed by atoms with Crippen molar-refractivity contribution in [2.45, 2.75) is 91.1 Å². The highest BCUT2D eigenvalue weighted by Crippen LogP contribution is 2.31. The van der Waals surface area contributed by atoms with Gasteiger partial charge < -0.3 is 14.9 Å². The van der Waals surface area contributed by atoms with Gasteiger partial charge in [0.1, 0.15) is 11.3 Å². The summed E-state index contributed by atoms with van der Waals surface area (Å²) in [7, 11) is 0. The van der Waals surface area contributed by atoms with Crippen LogP contribution >= 0.6 is 0 Å². The Bertz CT molecular complexity index is 905. The zero-order chi connectivity index (χ0) is 25.6. The van der Waals surface area contributed by atoms with Crippen molar-refractivity contribution in [3.63, 3.8) is 0 Å². The number of unbranched alkanes of at least 4 members (excludes halogenated alkanes) is 1.